The molecule has 0 saturated heterocycles. The van der Waals surface area contributed by atoms with Gasteiger partial charge in [0, 0.05) is 5.56 Å². The van der Waals surface area contributed by atoms with E-state index in [1.807, 2.05) is 30.3 Å². The number of rotatable bonds is 9. The van der Waals surface area contributed by atoms with Crippen molar-refractivity contribution in [3.05, 3.63) is 53.6 Å². The molecule has 8 nitrogen and oxygen atoms in total. The lowest BCUT2D eigenvalue weighted by molar-refractivity contribution is -0.155. The van der Waals surface area contributed by atoms with Crippen molar-refractivity contribution in [1.29, 1.82) is 0 Å². The number of nitrogens with one attached hydrogen (secondary N) is 1. The molecule has 0 heterocycles. The monoisotopic (exact) mass is 389 g/mol. The van der Waals surface area contributed by atoms with Gasteiger partial charge in [0.15, 0.2) is 17.1 Å². The van der Waals surface area contributed by atoms with E-state index in [0.717, 1.165) is 12.5 Å². The second-order valence-corrected chi connectivity index (χ2v) is 6.25. The normalized spacial score (nSPS) is 12.6. The second-order valence-electron chi connectivity index (χ2n) is 6.25. The van der Waals surface area contributed by atoms with Gasteiger partial charge in [-0.15, -0.1) is 0 Å². The highest BCUT2D eigenvalue weighted by Crippen LogP contribution is 2.39. The number of carbonyl (C=O) groups is 2. The molecule has 0 aromatic heterocycles. The van der Waals surface area contributed by atoms with Crippen molar-refractivity contribution in [3.63, 3.8) is 0 Å². The zero-order valence-electron chi connectivity index (χ0n) is 15.9. The van der Waals surface area contributed by atoms with Crippen molar-refractivity contribution in [2.45, 2.75) is 19.1 Å². The Morgan fingerprint density at radius 1 is 1.07 bits per heavy atom. The topological polar surface area (TPSA) is 114 Å². The smallest absolute Gasteiger partial charge is 0.337 e. The van der Waals surface area contributed by atoms with E-state index in [0.29, 0.717) is 5.75 Å². The molecule has 0 aliphatic heterocycles. The lowest BCUT2D eigenvalue weighted by atomic mass is 10.1. The molecule has 2 rings (SSSR count). The van der Waals surface area contributed by atoms with Gasteiger partial charge in [-0.1, -0.05) is 30.3 Å². The van der Waals surface area contributed by atoms with Crippen LogP contribution in [0.15, 0.2) is 42.5 Å². The van der Waals surface area contributed by atoms with Gasteiger partial charge in [0.2, 0.25) is 5.75 Å². The molecule has 8 heteroatoms. The first-order chi connectivity index (χ1) is 13.3. The Morgan fingerprint density at radius 2 is 1.64 bits per heavy atom. The number of carboxylic acid groups (broad SMARTS) is 1. The van der Waals surface area contributed by atoms with E-state index >= 15 is 0 Å². The van der Waals surface area contributed by atoms with Gasteiger partial charge in [0.05, 0.1) is 20.8 Å². The highest BCUT2D eigenvalue weighted by atomic mass is 16.5. The summed E-state index contributed by atoms with van der Waals surface area (Å²) in [6, 6.07) is 12.4. The Labute approximate surface area is 162 Å². The van der Waals surface area contributed by atoms with E-state index in [2.05, 4.69) is 5.32 Å². The van der Waals surface area contributed by atoms with Gasteiger partial charge in [-0.25, -0.2) is 4.79 Å². The average molecular weight is 389 g/mol. The number of carboxylic acids is 1. The molecule has 3 N–H and O–H groups in total. The van der Waals surface area contributed by atoms with Crippen LogP contribution >= 0.6 is 0 Å². The second kappa shape index (κ2) is 9.09. The van der Waals surface area contributed by atoms with Crippen LogP contribution in [-0.4, -0.2) is 48.5 Å². The van der Waals surface area contributed by atoms with Crippen molar-refractivity contribution in [1.82, 2.24) is 5.32 Å². The fraction of sp³-hybridized carbons (Fsp3) is 0.300. The maximum Gasteiger partial charge on any atom is 0.337 e. The minimum Gasteiger partial charge on any atom is -0.493 e. The Bertz CT molecular complexity index is 809. The van der Waals surface area contributed by atoms with Gasteiger partial charge in [-0.2, -0.15) is 0 Å². The van der Waals surface area contributed by atoms with Gasteiger partial charge < -0.3 is 29.7 Å². The Hall–Kier alpha value is -3.26. The van der Waals surface area contributed by atoms with Crippen LogP contribution in [0.25, 0.3) is 0 Å². The first kappa shape index (κ1) is 21.0. The van der Waals surface area contributed by atoms with Crippen LogP contribution in [-0.2, 0) is 11.4 Å². The Balaban J connectivity index is 2.21. The van der Waals surface area contributed by atoms with E-state index in [4.69, 9.17) is 19.3 Å². The highest BCUT2D eigenvalue weighted by molar-refractivity contribution is 5.96. The zero-order valence-corrected chi connectivity index (χ0v) is 15.9. The van der Waals surface area contributed by atoms with Crippen molar-refractivity contribution < 1.29 is 34.0 Å². The van der Waals surface area contributed by atoms with Crippen LogP contribution in [0.1, 0.15) is 22.8 Å². The van der Waals surface area contributed by atoms with E-state index in [1.54, 1.807) is 0 Å². The number of aliphatic carboxylic acids is 1. The summed E-state index contributed by atoms with van der Waals surface area (Å²) in [6.45, 7) is 0.913. The number of hydrogen-bond donors (Lipinski definition) is 3. The number of hydrogen-bond acceptors (Lipinski definition) is 6. The fourth-order valence-corrected chi connectivity index (χ4v) is 2.31. The fourth-order valence-electron chi connectivity index (χ4n) is 2.31. The summed E-state index contributed by atoms with van der Waals surface area (Å²) in [5, 5.41) is 21.0. The molecule has 0 bridgehead atoms. The molecule has 0 fully saturated rings. The average Bonchev–Trinajstić information content (AvgIpc) is 2.70. The number of ether oxygens (including phenoxy) is 3. The van der Waals surface area contributed by atoms with Gasteiger partial charge in [0.1, 0.15) is 6.61 Å². The summed E-state index contributed by atoms with van der Waals surface area (Å²) < 4.78 is 16.5. The quantitative estimate of drug-likeness (QED) is 0.600. The third kappa shape index (κ3) is 5.14. The van der Waals surface area contributed by atoms with Crippen molar-refractivity contribution in [2.75, 3.05) is 20.8 Å². The number of aliphatic hydroxyl groups is 1. The van der Waals surface area contributed by atoms with Crippen molar-refractivity contribution in [3.8, 4) is 17.2 Å². The van der Waals surface area contributed by atoms with Crippen LogP contribution in [0.5, 0.6) is 17.2 Å². The number of benzene rings is 2. The summed E-state index contributed by atoms with van der Waals surface area (Å²) in [5.41, 5.74) is -0.964. The van der Waals surface area contributed by atoms with Crippen LogP contribution in [0, 0.1) is 0 Å². The molecule has 1 unspecified atom stereocenters. The highest BCUT2D eigenvalue weighted by Gasteiger charge is 2.30. The molecule has 0 spiro atoms. The maximum atomic E-state index is 12.4. The van der Waals surface area contributed by atoms with E-state index in [-0.39, 0.29) is 23.7 Å². The summed E-state index contributed by atoms with van der Waals surface area (Å²) in [7, 11) is 2.86. The first-order valence-corrected chi connectivity index (χ1v) is 8.45. The minimum absolute atomic E-state index is 0.168. The molecule has 1 amide bonds. The summed E-state index contributed by atoms with van der Waals surface area (Å²) in [5.74, 6) is -1.13. The molecule has 2 aromatic carbocycles. The molecule has 2 aromatic rings. The van der Waals surface area contributed by atoms with Gasteiger partial charge >= 0.3 is 5.97 Å². The van der Waals surface area contributed by atoms with Crippen molar-refractivity contribution in [2.24, 2.45) is 0 Å². The zero-order chi connectivity index (χ0) is 20.7. The molecule has 0 saturated carbocycles. The van der Waals surface area contributed by atoms with Crippen LogP contribution in [0.4, 0.5) is 0 Å². The third-order valence-electron chi connectivity index (χ3n) is 4.00. The van der Waals surface area contributed by atoms with Crippen LogP contribution in [0.2, 0.25) is 0 Å². The number of methoxy groups -OCH3 is 2. The summed E-state index contributed by atoms with van der Waals surface area (Å²) in [6.07, 6.45) is 0. The Morgan fingerprint density at radius 3 is 2.14 bits per heavy atom. The summed E-state index contributed by atoms with van der Waals surface area (Å²) in [4.78, 5) is 23.3. The predicted molar refractivity (Wildman–Crippen MR) is 101 cm³/mol. The molecule has 28 heavy (non-hydrogen) atoms. The lowest BCUT2D eigenvalue weighted by Gasteiger charge is -2.19. The van der Waals surface area contributed by atoms with Crippen LogP contribution < -0.4 is 19.5 Å². The molecule has 0 aliphatic carbocycles. The summed E-state index contributed by atoms with van der Waals surface area (Å²) >= 11 is 0. The van der Waals surface area contributed by atoms with E-state index < -0.39 is 24.0 Å². The van der Waals surface area contributed by atoms with Gasteiger partial charge in [-0.05, 0) is 24.6 Å². The molecule has 0 aliphatic rings. The van der Waals surface area contributed by atoms with E-state index in [1.165, 1.54) is 26.4 Å². The molecular formula is C20H23NO7. The SMILES string of the molecule is COc1cc(C(=O)NCC(C)(O)C(=O)O)cc(OC)c1OCc1ccccc1. The largest absolute Gasteiger partial charge is 0.493 e. The first-order valence-electron chi connectivity index (χ1n) is 8.45. The molecule has 0 radical (unpaired) electrons. The maximum absolute atomic E-state index is 12.4. The molecule has 1 atom stereocenters. The molecule has 150 valence electrons. The standard InChI is InChI=1S/C20H23NO7/c1-20(25,19(23)24)12-21-18(22)14-9-15(26-2)17(16(10-14)27-3)28-11-13-7-5-4-6-8-13/h4-10,25H,11-12H2,1-3H3,(H,21,22)(H,23,24). The number of amides is 1. The van der Waals surface area contributed by atoms with E-state index in [9.17, 15) is 14.7 Å². The third-order valence-corrected chi connectivity index (χ3v) is 4.00. The Kier molecular flexibility index (Phi) is 6.84. The van der Waals surface area contributed by atoms with Gasteiger partial charge in [0.25, 0.3) is 5.91 Å². The minimum atomic E-state index is -2.08. The molecular weight excluding hydrogens is 366 g/mol. The number of carbonyl (C=O) groups excluding carboxylic acids is 1. The lowest BCUT2D eigenvalue weighted by Crippen LogP contribution is -2.46. The predicted octanol–water partition coefficient (Wildman–Crippen LogP) is 1.85. The van der Waals surface area contributed by atoms with Crippen molar-refractivity contribution >= 4 is 11.9 Å². The van der Waals surface area contributed by atoms with Crippen LogP contribution in [0.3, 0.4) is 0 Å². The van der Waals surface area contributed by atoms with Gasteiger partial charge in [-0.3, -0.25) is 4.79 Å².